The summed E-state index contributed by atoms with van der Waals surface area (Å²) in [4.78, 5) is 12.2. The van der Waals surface area contributed by atoms with Gasteiger partial charge in [0.05, 0.1) is 13.2 Å². The zero-order valence-corrected chi connectivity index (χ0v) is 31.2. The molecule has 0 fully saturated rings. The van der Waals surface area contributed by atoms with E-state index in [4.69, 9.17) is 9.47 Å². The number of hydrogen-bond acceptors (Lipinski definition) is 4. The molecule has 48 heavy (non-hydrogen) atoms. The Balaban J connectivity index is 3.56. The number of ether oxygens (including phenoxy) is 2. The zero-order chi connectivity index (χ0) is 34.9. The Hall–Kier alpha value is -2.43. The molecule has 0 amide bonds. The van der Waals surface area contributed by atoms with E-state index in [9.17, 15) is 9.90 Å². The molecule has 274 valence electrons. The van der Waals surface area contributed by atoms with Gasteiger partial charge in [-0.2, -0.15) is 0 Å². The van der Waals surface area contributed by atoms with Crippen LogP contribution in [0.25, 0.3) is 0 Å². The fraction of sp³-hybridized carbons (Fsp3) is 0.659. The minimum atomic E-state index is -0.555. The van der Waals surface area contributed by atoms with Crippen molar-refractivity contribution in [2.45, 2.75) is 168 Å². The Bertz CT molecular complexity index is 876. The summed E-state index contributed by atoms with van der Waals surface area (Å²) in [6.07, 6.45) is 56.2. The Morgan fingerprint density at radius 2 is 0.938 bits per heavy atom. The van der Waals surface area contributed by atoms with Crippen LogP contribution in [0.3, 0.4) is 0 Å². The number of carbonyl (C=O) groups is 1. The van der Waals surface area contributed by atoms with Crippen molar-refractivity contribution >= 4 is 5.97 Å². The lowest BCUT2D eigenvalue weighted by Gasteiger charge is -2.15. The second-order valence-electron chi connectivity index (χ2n) is 12.6. The van der Waals surface area contributed by atoms with E-state index >= 15 is 0 Å². The van der Waals surface area contributed by atoms with Crippen LogP contribution in [0, 0.1) is 0 Å². The first kappa shape index (κ1) is 45.6. The first-order valence-electron chi connectivity index (χ1n) is 19.7. The van der Waals surface area contributed by atoms with Gasteiger partial charge < -0.3 is 14.6 Å². The Morgan fingerprint density at radius 1 is 0.521 bits per heavy atom. The van der Waals surface area contributed by atoms with Crippen LogP contribution in [0.4, 0.5) is 0 Å². The van der Waals surface area contributed by atoms with Gasteiger partial charge >= 0.3 is 5.97 Å². The number of aliphatic hydroxyl groups excluding tert-OH is 1. The van der Waals surface area contributed by atoms with Crippen molar-refractivity contribution in [3.63, 3.8) is 0 Å². The molecule has 0 rings (SSSR count). The van der Waals surface area contributed by atoms with Crippen LogP contribution < -0.4 is 0 Å². The van der Waals surface area contributed by atoms with Gasteiger partial charge in [-0.1, -0.05) is 157 Å². The van der Waals surface area contributed by atoms with Gasteiger partial charge in [0, 0.05) is 13.0 Å². The molecule has 1 N–H and O–H groups in total. The molecule has 0 heterocycles. The molecule has 0 aromatic heterocycles. The maximum absolute atomic E-state index is 12.2. The molecule has 0 saturated carbocycles. The van der Waals surface area contributed by atoms with Crippen molar-refractivity contribution in [1.29, 1.82) is 0 Å². The maximum atomic E-state index is 12.2. The summed E-state index contributed by atoms with van der Waals surface area (Å²) in [5.74, 6) is -0.227. The summed E-state index contributed by atoms with van der Waals surface area (Å²) in [6, 6.07) is 0. The van der Waals surface area contributed by atoms with Crippen molar-refractivity contribution in [2.75, 3.05) is 19.8 Å². The van der Waals surface area contributed by atoms with Crippen LogP contribution in [0.5, 0.6) is 0 Å². The van der Waals surface area contributed by atoms with Gasteiger partial charge in [0.15, 0.2) is 0 Å². The zero-order valence-electron chi connectivity index (χ0n) is 31.2. The van der Waals surface area contributed by atoms with E-state index in [-0.39, 0.29) is 19.2 Å². The van der Waals surface area contributed by atoms with Crippen molar-refractivity contribution < 1.29 is 19.4 Å². The van der Waals surface area contributed by atoms with E-state index in [2.05, 4.69) is 98.9 Å². The lowest BCUT2D eigenvalue weighted by Crippen LogP contribution is -2.27. The van der Waals surface area contributed by atoms with Crippen LogP contribution in [0.2, 0.25) is 0 Å². The molecular weight excluding hydrogens is 592 g/mol. The van der Waals surface area contributed by atoms with Crippen LogP contribution in [-0.2, 0) is 14.3 Å². The molecule has 4 heteroatoms. The van der Waals surface area contributed by atoms with Crippen LogP contribution in [-0.4, -0.2) is 37.0 Å². The summed E-state index contributed by atoms with van der Waals surface area (Å²) in [5.41, 5.74) is 0. The van der Waals surface area contributed by atoms with E-state index < -0.39 is 6.10 Å². The molecule has 0 spiro atoms. The van der Waals surface area contributed by atoms with Gasteiger partial charge in [-0.15, -0.1) is 0 Å². The first-order chi connectivity index (χ1) is 23.7. The second kappa shape index (κ2) is 40.7. The van der Waals surface area contributed by atoms with E-state index in [1.807, 2.05) is 0 Å². The number of allylic oxidation sites excluding steroid dienone is 14. The predicted octanol–water partition coefficient (Wildman–Crippen LogP) is 12.8. The van der Waals surface area contributed by atoms with Gasteiger partial charge in [-0.05, 0) is 83.5 Å². The van der Waals surface area contributed by atoms with Crippen molar-refractivity contribution in [1.82, 2.24) is 0 Å². The fourth-order valence-electron chi connectivity index (χ4n) is 5.02. The quantitative estimate of drug-likeness (QED) is 0.0415. The third-order valence-corrected chi connectivity index (χ3v) is 7.95. The van der Waals surface area contributed by atoms with Crippen LogP contribution in [0.15, 0.2) is 85.1 Å². The molecule has 0 aliphatic heterocycles. The van der Waals surface area contributed by atoms with E-state index in [1.165, 1.54) is 64.2 Å². The average Bonchev–Trinajstić information content (AvgIpc) is 3.09. The summed E-state index contributed by atoms with van der Waals surface area (Å²) in [7, 11) is 0. The molecule has 0 aliphatic carbocycles. The van der Waals surface area contributed by atoms with Gasteiger partial charge in [0.25, 0.3) is 0 Å². The van der Waals surface area contributed by atoms with Crippen LogP contribution in [0.1, 0.15) is 162 Å². The lowest BCUT2D eigenvalue weighted by molar-refractivity contribution is -0.154. The van der Waals surface area contributed by atoms with Gasteiger partial charge in [-0.3, -0.25) is 4.79 Å². The monoisotopic (exact) mass is 667 g/mol. The molecule has 0 aromatic rings. The molecule has 0 radical (unpaired) electrons. The van der Waals surface area contributed by atoms with Crippen LogP contribution >= 0.6 is 0 Å². The number of unbranched alkanes of at least 4 members (excludes halogenated alkanes) is 13. The predicted molar refractivity (Wildman–Crippen MR) is 209 cm³/mol. The fourth-order valence-corrected chi connectivity index (χ4v) is 5.02. The molecule has 4 nitrogen and oxygen atoms in total. The highest BCUT2D eigenvalue weighted by Crippen LogP contribution is 2.11. The highest BCUT2D eigenvalue weighted by molar-refractivity contribution is 5.69. The van der Waals surface area contributed by atoms with Crippen molar-refractivity contribution in [3.8, 4) is 0 Å². The second-order valence-corrected chi connectivity index (χ2v) is 12.6. The van der Waals surface area contributed by atoms with Gasteiger partial charge in [0.2, 0.25) is 0 Å². The molecule has 1 unspecified atom stereocenters. The standard InChI is InChI=1S/C44H74O4/c1-3-5-7-9-11-13-15-17-19-20-21-22-23-24-25-27-29-31-33-35-37-39-44(46)48-43(41-45)42-47-40-38-36-34-32-30-28-26-18-16-14-12-10-8-6-4-2/h5,7,10-13,16-19,21-22,24-25,43,45H,3-4,6,8-9,14-15,20,23,26-42H2,1-2H3/b7-5-,12-10-,13-11-,18-16-,19-17-,22-21-,25-24-. The Labute approximate surface area is 297 Å². The third kappa shape index (κ3) is 38.0. The number of esters is 1. The molecule has 0 aromatic carbocycles. The molecule has 0 bridgehead atoms. The number of rotatable bonds is 35. The topological polar surface area (TPSA) is 55.8 Å². The number of hydrogen-bond donors (Lipinski definition) is 1. The highest BCUT2D eigenvalue weighted by atomic mass is 16.6. The van der Waals surface area contributed by atoms with Crippen molar-refractivity contribution in [2.24, 2.45) is 0 Å². The Morgan fingerprint density at radius 3 is 1.42 bits per heavy atom. The van der Waals surface area contributed by atoms with E-state index in [0.29, 0.717) is 13.0 Å². The van der Waals surface area contributed by atoms with E-state index in [1.54, 1.807) is 0 Å². The van der Waals surface area contributed by atoms with Gasteiger partial charge in [0.1, 0.15) is 6.10 Å². The molecule has 1 atom stereocenters. The summed E-state index contributed by atoms with van der Waals surface area (Å²) >= 11 is 0. The molecule has 0 saturated heterocycles. The smallest absolute Gasteiger partial charge is 0.306 e. The van der Waals surface area contributed by atoms with E-state index in [0.717, 1.165) is 77.0 Å². The highest BCUT2D eigenvalue weighted by Gasteiger charge is 2.13. The summed E-state index contributed by atoms with van der Waals surface area (Å²) < 4.78 is 11.1. The summed E-state index contributed by atoms with van der Waals surface area (Å²) in [5, 5.41) is 9.58. The number of carbonyl (C=O) groups excluding carboxylic acids is 1. The molecule has 0 aliphatic rings. The summed E-state index contributed by atoms with van der Waals surface area (Å²) in [6.45, 7) is 5.13. The third-order valence-electron chi connectivity index (χ3n) is 7.95. The van der Waals surface area contributed by atoms with Crippen molar-refractivity contribution in [3.05, 3.63) is 85.1 Å². The average molecular weight is 667 g/mol. The minimum Gasteiger partial charge on any atom is -0.457 e. The normalized spacial score (nSPS) is 13.3. The number of aliphatic hydroxyl groups is 1. The molecular formula is C44H74O4. The lowest BCUT2D eigenvalue weighted by atomic mass is 10.1. The van der Waals surface area contributed by atoms with Gasteiger partial charge in [-0.25, -0.2) is 0 Å². The maximum Gasteiger partial charge on any atom is 0.306 e. The Kier molecular flexibility index (Phi) is 38.7. The largest absolute Gasteiger partial charge is 0.457 e. The SMILES string of the molecule is CC/C=C\C/C=C\C/C=C\C/C=C\C/C=C\CCCCCCCC(=O)OC(CO)COCCCCCCCC/C=C\C/C=C\CCCC. The minimum absolute atomic E-state index is 0.189. The first-order valence-corrected chi connectivity index (χ1v) is 19.7.